The van der Waals surface area contributed by atoms with Gasteiger partial charge < -0.3 is 4.90 Å². The van der Waals surface area contributed by atoms with Crippen LogP contribution in [-0.2, 0) is 6.54 Å². The molecule has 0 saturated heterocycles. The van der Waals surface area contributed by atoms with E-state index in [4.69, 9.17) is 0 Å². The summed E-state index contributed by atoms with van der Waals surface area (Å²) in [5, 5.41) is 0. The number of hydrogen-bond donors (Lipinski definition) is 0. The molecule has 0 atom stereocenters. The van der Waals surface area contributed by atoms with Gasteiger partial charge in [0.15, 0.2) is 6.80 Å². The molecular formula is C9H8FNO. The van der Waals surface area contributed by atoms with Crippen LogP contribution in [0, 0.1) is 0 Å². The van der Waals surface area contributed by atoms with Gasteiger partial charge in [0.1, 0.15) is 0 Å². The molecule has 2 nitrogen and oxygen atoms in total. The minimum atomic E-state index is -0.701. The Morgan fingerprint density at radius 3 is 2.83 bits per heavy atom. The molecule has 12 heavy (non-hydrogen) atoms. The third kappa shape index (κ3) is 0.897. The summed E-state index contributed by atoms with van der Waals surface area (Å²) in [5.41, 5.74) is 1.55. The van der Waals surface area contributed by atoms with Crippen LogP contribution in [0.4, 0.5) is 4.39 Å². The summed E-state index contributed by atoms with van der Waals surface area (Å²) in [5.74, 6) is -0.201. The minimum Gasteiger partial charge on any atom is -0.306 e. The van der Waals surface area contributed by atoms with Crippen LogP contribution in [0.1, 0.15) is 15.9 Å². The van der Waals surface area contributed by atoms with Crippen molar-refractivity contribution in [2.45, 2.75) is 6.54 Å². The van der Waals surface area contributed by atoms with Crippen LogP contribution in [0.2, 0.25) is 0 Å². The highest BCUT2D eigenvalue weighted by Crippen LogP contribution is 2.21. The van der Waals surface area contributed by atoms with E-state index < -0.39 is 6.80 Å². The van der Waals surface area contributed by atoms with Crippen molar-refractivity contribution < 1.29 is 9.18 Å². The van der Waals surface area contributed by atoms with Gasteiger partial charge in [0.25, 0.3) is 5.91 Å². The molecule has 0 bridgehead atoms. The highest BCUT2D eigenvalue weighted by atomic mass is 19.1. The molecule has 0 spiro atoms. The van der Waals surface area contributed by atoms with E-state index in [2.05, 4.69) is 0 Å². The fourth-order valence-corrected chi connectivity index (χ4v) is 1.41. The molecule has 0 N–H and O–H groups in total. The standard InChI is InChI=1S/C9H8FNO/c10-6-11-5-7-3-1-2-4-8(7)9(11)12/h1-4H,5-6H2. The molecule has 1 aromatic carbocycles. The first-order valence-corrected chi connectivity index (χ1v) is 3.76. The smallest absolute Gasteiger partial charge is 0.256 e. The van der Waals surface area contributed by atoms with Gasteiger partial charge in [-0.2, -0.15) is 0 Å². The average Bonchev–Trinajstić information content (AvgIpc) is 2.44. The van der Waals surface area contributed by atoms with Crippen molar-refractivity contribution in [2.24, 2.45) is 0 Å². The number of fused-ring (bicyclic) bond motifs is 1. The Labute approximate surface area is 69.6 Å². The third-order valence-corrected chi connectivity index (χ3v) is 2.04. The van der Waals surface area contributed by atoms with E-state index in [0.29, 0.717) is 12.1 Å². The van der Waals surface area contributed by atoms with E-state index in [-0.39, 0.29) is 5.91 Å². The summed E-state index contributed by atoms with van der Waals surface area (Å²) < 4.78 is 12.2. The van der Waals surface area contributed by atoms with E-state index in [1.807, 2.05) is 12.1 Å². The Morgan fingerprint density at radius 2 is 2.17 bits per heavy atom. The summed E-state index contributed by atoms with van der Waals surface area (Å²) >= 11 is 0. The summed E-state index contributed by atoms with van der Waals surface area (Å²) in [4.78, 5) is 12.5. The van der Waals surface area contributed by atoms with Gasteiger partial charge in [0.05, 0.1) is 0 Å². The van der Waals surface area contributed by atoms with Crippen molar-refractivity contribution in [3.05, 3.63) is 35.4 Å². The number of amides is 1. The quantitative estimate of drug-likeness (QED) is 0.578. The van der Waals surface area contributed by atoms with Gasteiger partial charge in [-0.25, -0.2) is 4.39 Å². The zero-order valence-corrected chi connectivity index (χ0v) is 6.46. The molecule has 0 fully saturated rings. The summed E-state index contributed by atoms with van der Waals surface area (Å²) in [6, 6.07) is 7.22. The van der Waals surface area contributed by atoms with E-state index in [1.165, 1.54) is 4.90 Å². The monoisotopic (exact) mass is 165 g/mol. The van der Waals surface area contributed by atoms with E-state index in [1.54, 1.807) is 12.1 Å². The van der Waals surface area contributed by atoms with Gasteiger partial charge in [-0.1, -0.05) is 18.2 Å². The van der Waals surface area contributed by atoms with Gasteiger partial charge in [0.2, 0.25) is 0 Å². The number of hydrogen-bond acceptors (Lipinski definition) is 1. The third-order valence-electron chi connectivity index (χ3n) is 2.04. The van der Waals surface area contributed by atoms with Crippen LogP contribution < -0.4 is 0 Å². The van der Waals surface area contributed by atoms with Crippen LogP contribution in [0.25, 0.3) is 0 Å². The molecule has 1 heterocycles. The number of benzene rings is 1. The molecule has 1 amide bonds. The molecule has 3 heteroatoms. The van der Waals surface area contributed by atoms with E-state index in [9.17, 15) is 9.18 Å². The Hall–Kier alpha value is -1.38. The molecule has 0 unspecified atom stereocenters. The maximum absolute atomic E-state index is 12.2. The summed E-state index contributed by atoms with van der Waals surface area (Å²) in [6.07, 6.45) is 0. The second-order valence-corrected chi connectivity index (χ2v) is 2.78. The maximum atomic E-state index is 12.2. The number of rotatable bonds is 1. The van der Waals surface area contributed by atoms with Crippen LogP contribution in [0.3, 0.4) is 0 Å². The van der Waals surface area contributed by atoms with Gasteiger partial charge >= 0.3 is 0 Å². The lowest BCUT2D eigenvalue weighted by Gasteiger charge is -2.07. The van der Waals surface area contributed by atoms with Crippen molar-refractivity contribution in [1.82, 2.24) is 4.90 Å². The molecule has 0 radical (unpaired) electrons. The Kier molecular flexibility index (Phi) is 1.57. The predicted molar refractivity (Wildman–Crippen MR) is 42.3 cm³/mol. The predicted octanol–water partition coefficient (Wildman–Crippen LogP) is 1.57. The fourth-order valence-electron chi connectivity index (χ4n) is 1.41. The van der Waals surface area contributed by atoms with Crippen molar-refractivity contribution in [1.29, 1.82) is 0 Å². The number of alkyl halides is 1. The summed E-state index contributed by atoms with van der Waals surface area (Å²) in [7, 11) is 0. The molecule has 1 aromatic rings. The van der Waals surface area contributed by atoms with Crippen LogP contribution >= 0.6 is 0 Å². The fraction of sp³-hybridized carbons (Fsp3) is 0.222. The second kappa shape index (κ2) is 2.59. The number of carbonyl (C=O) groups is 1. The average molecular weight is 165 g/mol. The van der Waals surface area contributed by atoms with E-state index >= 15 is 0 Å². The lowest BCUT2D eigenvalue weighted by Crippen LogP contribution is -2.22. The van der Waals surface area contributed by atoms with Crippen molar-refractivity contribution in [3.8, 4) is 0 Å². The first-order chi connectivity index (χ1) is 5.83. The van der Waals surface area contributed by atoms with Gasteiger partial charge in [-0.05, 0) is 11.6 Å². The van der Waals surface area contributed by atoms with Crippen LogP contribution in [0.5, 0.6) is 0 Å². The normalized spacial score (nSPS) is 15.1. The molecule has 0 aromatic heterocycles. The molecule has 0 aliphatic carbocycles. The molecule has 1 aliphatic rings. The number of carbonyl (C=O) groups excluding carboxylic acids is 1. The molecule has 0 saturated carbocycles. The number of halogens is 1. The first-order valence-electron chi connectivity index (χ1n) is 3.76. The second-order valence-electron chi connectivity index (χ2n) is 2.78. The Balaban J connectivity index is 2.42. The Morgan fingerprint density at radius 1 is 1.42 bits per heavy atom. The maximum Gasteiger partial charge on any atom is 0.256 e. The number of nitrogens with zero attached hydrogens (tertiary/aromatic N) is 1. The highest BCUT2D eigenvalue weighted by molar-refractivity contribution is 5.98. The lowest BCUT2D eigenvalue weighted by atomic mass is 10.1. The lowest BCUT2D eigenvalue weighted by molar-refractivity contribution is 0.0706. The first kappa shape index (κ1) is 7.28. The zero-order chi connectivity index (χ0) is 8.55. The van der Waals surface area contributed by atoms with E-state index in [0.717, 1.165) is 5.56 Å². The SMILES string of the molecule is O=C1c2ccccc2CN1CF. The summed E-state index contributed by atoms with van der Waals surface area (Å²) in [6.45, 7) is -0.293. The van der Waals surface area contributed by atoms with Crippen molar-refractivity contribution in [2.75, 3.05) is 6.80 Å². The minimum absolute atomic E-state index is 0.201. The molecule has 1 aliphatic heterocycles. The van der Waals surface area contributed by atoms with Crippen LogP contribution in [0.15, 0.2) is 24.3 Å². The largest absolute Gasteiger partial charge is 0.306 e. The van der Waals surface area contributed by atoms with Gasteiger partial charge in [-0.15, -0.1) is 0 Å². The van der Waals surface area contributed by atoms with Crippen molar-refractivity contribution in [3.63, 3.8) is 0 Å². The van der Waals surface area contributed by atoms with Crippen LogP contribution in [-0.4, -0.2) is 17.6 Å². The van der Waals surface area contributed by atoms with Gasteiger partial charge in [0, 0.05) is 12.1 Å². The molecule has 2 rings (SSSR count). The Bertz CT molecular complexity index is 324. The zero-order valence-electron chi connectivity index (χ0n) is 6.46. The topological polar surface area (TPSA) is 20.3 Å². The molecule has 62 valence electrons. The van der Waals surface area contributed by atoms with Gasteiger partial charge in [-0.3, -0.25) is 4.79 Å². The highest BCUT2D eigenvalue weighted by Gasteiger charge is 2.25. The van der Waals surface area contributed by atoms with Crippen molar-refractivity contribution >= 4 is 5.91 Å². The molecular weight excluding hydrogens is 157 g/mol.